The van der Waals surface area contributed by atoms with E-state index in [1.54, 1.807) is 24.3 Å². The number of ether oxygens (including phenoxy) is 2. The highest BCUT2D eigenvalue weighted by atomic mass is 16.5. The number of nitrogens with one attached hydrogen (secondary N) is 1. The second-order valence-corrected chi connectivity index (χ2v) is 7.18. The lowest BCUT2D eigenvalue weighted by Gasteiger charge is -2.28. The highest BCUT2D eigenvalue weighted by Crippen LogP contribution is 2.22. The van der Waals surface area contributed by atoms with Gasteiger partial charge in [0.2, 0.25) is 0 Å². The van der Waals surface area contributed by atoms with Crippen molar-refractivity contribution in [1.29, 1.82) is 0 Å². The minimum absolute atomic E-state index is 0.0216. The molecule has 6 nitrogen and oxygen atoms in total. The van der Waals surface area contributed by atoms with Gasteiger partial charge in [-0.1, -0.05) is 20.3 Å². The van der Waals surface area contributed by atoms with E-state index in [-0.39, 0.29) is 18.4 Å². The Morgan fingerprint density at radius 1 is 1.11 bits per heavy atom. The van der Waals surface area contributed by atoms with Crippen molar-refractivity contribution < 1.29 is 19.1 Å². The van der Waals surface area contributed by atoms with E-state index in [9.17, 15) is 9.59 Å². The van der Waals surface area contributed by atoms with E-state index >= 15 is 0 Å². The van der Waals surface area contributed by atoms with E-state index in [0.717, 1.165) is 38.8 Å². The Balaban J connectivity index is 1.88. The molecule has 1 aliphatic heterocycles. The van der Waals surface area contributed by atoms with Crippen LogP contribution in [0.15, 0.2) is 24.3 Å². The molecule has 1 heterocycles. The van der Waals surface area contributed by atoms with Gasteiger partial charge in [0, 0.05) is 25.4 Å². The van der Waals surface area contributed by atoms with Crippen LogP contribution in [0.2, 0.25) is 0 Å². The number of carbonyl (C=O) groups is 2. The van der Waals surface area contributed by atoms with Crippen LogP contribution in [0.1, 0.15) is 52.9 Å². The van der Waals surface area contributed by atoms with Crippen LogP contribution in [0.25, 0.3) is 0 Å². The molecule has 2 rings (SSSR count). The van der Waals surface area contributed by atoms with Crippen molar-refractivity contribution in [2.75, 3.05) is 31.6 Å². The fourth-order valence-corrected chi connectivity index (χ4v) is 3.16. The summed E-state index contributed by atoms with van der Waals surface area (Å²) < 4.78 is 11.4. The van der Waals surface area contributed by atoms with Crippen molar-refractivity contribution in [2.45, 2.75) is 58.5 Å². The van der Waals surface area contributed by atoms with E-state index in [4.69, 9.17) is 9.47 Å². The molecule has 150 valence electrons. The molecular weight excluding hydrogens is 344 g/mol. The summed E-state index contributed by atoms with van der Waals surface area (Å²) in [5, 5.41) is 2.92. The average molecular weight is 376 g/mol. The van der Waals surface area contributed by atoms with Crippen LogP contribution in [-0.4, -0.2) is 48.6 Å². The largest absolute Gasteiger partial charge is 0.484 e. The van der Waals surface area contributed by atoms with Crippen molar-refractivity contribution >= 4 is 17.5 Å². The van der Waals surface area contributed by atoms with Gasteiger partial charge in [0.25, 0.3) is 11.8 Å². The van der Waals surface area contributed by atoms with Gasteiger partial charge in [0.15, 0.2) is 6.61 Å². The number of amides is 2. The molecule has 0 radical (unpaired) electrons. The number of likely N-dealkylation sites (tertiary alicyclic amines) is 1. The van der Waals surface area contributed by atoms with Gasteiger partial charge in [0.1, 0.15) is 11.4 Å². The van der Waals surface area contributed by atoms with Crippen LogP contribution >= 0.6 is 0 Å². The standard InChI is InChI=1S/C21H32N2O4/c1-4-12-21(3,27-15-5-2)20(25)22-17-8-10-18(11-9-17)26-16-19(24)23-13-6-7-14-23/h8-11H,4-7,12-16H2,1-3H3,(H,22,25)/t21-/m0/s1. The topological polar surface area (TPSA) is 67.9 Å². The molecule has 0 spiro atoms. The average Bonchev–Trinajstić information content (AvgIpc) is 3.20. The maximum Gasteiger partial charge on any atom is 0.260 e. The summed E-state index contributed by atoms with van der Waals surface area (Å²) in [5.74, 6) is 0.489. The second kappa shape index (κ2) is 10.3. The molecule has 0 saturated carbocycles. The van der Waals surface area contributed by atoms with Crippen LogP contribution in [0.4, 0.5) is 5.69 Å². The van der Waals surface area contributed by atoms with Crippen molar-refractivity contribution in [3.63, 3.8) is 0 Å². The molecule has 1 N–H and O–H groups in total. The van der Waals surface area contributed by atoms with E-state index in [1.165, 1.54) is 0 Å². The van der Waals surface area contributed by atoms with Crippen LogP contribution in [0, 0.1) is 0 Å². The number of anilines is 1. The third-order valence-corrected chi connectivity index (χ3v) is 4.77. The van der Waals surface area contributed by atoms with Crippen molar-refractivity contribution in [3.8, 4) is 5.75 Å². The lowest BCUT2D eigenvalue weighted by molar-refractivity contribution is -0.140. The maximum atomic E-state index is 12.7. The Bertz CT molecular complexity index is 611. The number of carbonyl (C=O) groups excluding carboxylic acids is 2. The van der Waals surface area contributed by atoms with Crippen LogP contribution in [0.3, 0.4) is 0 Å². The summed E-state index contributed by atoms with van der Waals surface area (Å²) in [6, 6.07) is 7.08. The Labute approximate surface area is 162 Å². The molecule has 0 aliphatic carbocycles. The fourth-order valence-electron chi connectivity index (χ4n) is 3.16. The molecule has 2 amide bonds. The molecule has 0 unspecified atom stereocenters. The number of rotatable bonds is 10. The van der Waals surface area contributed by atoms with Gasteiger partial charge in [0.05, 0.1) is 0 Å². The number of benzene rings is 1. The quantitative estimate of drug-likeness (QED) is 0.677. The predicted octanol–water partition coefficient (Wildman–Crippen LogP) is 3.61. The van der Waals surface area contributed by atoms with Gasteiger partial charge in [-0.05, 0) is 56.9 Å². The Kier molecular flexibility index (Phi) is 8.10. The first-order valence-electron chi connectivity index (χ1n) is 9.94. The van der Waals surface area contributed by atoms with Gasteiger partial charge >= 0.3 is 0 Å². The maximum absolute atomic E-state index is 12.7. The molecule has 1 aromatic carbocycles. The predicted molar refractivity (Wildman–Crippen MR) is 106 cm³/mol. The van der Waals surface area contributed by atoms with Gasteiger partial charge < -0.3 is 19.7 Å². The van der Waals surface area contributed by atoms with Crippen molar-refractivity contribution in [1.82, 2.24) is 4.90 Å². The third kappa shape index (κ3) is 6.24. The van der Waals surface area contributed by atoms with Gasteiger partial charge in [-0.25, -0.2) is 0 Å². The summed E-state index contributed by atoms with van der Waals surface area (Å²) in [6.07, 6.45) is 4.54. The zero-order chi connectivity index (χ0) is 19.7. The van der Waals surface area contributed by atoms with E-state index in [1.807, 2.05) is 25.7 Å². The fraction of sp³-hybridized carbons (Fsp3) is 0.619. The zero-order valence-electron chi connectivity index (χ0n) is 16.8. The molecular formula is C21H32N2O4. The molecule has 1 saturated heterocycles. The number of hydrogen-bond acceptors (Lipinski definition) is 4. The lowest BCUT2D eigenvalue weighted by Crippen LogP contribution is -2.43. The van der Waals surface area contributed by atoms with Crippen molar-refractivity contribution in [3.05, 3.63) is 24.3 Å². The molecule has 0 aromatic heterocycles. The smallest absolute Gasteiger partial charge is 0.260 e. The molecule has 1 atom stereocenters. The molecule has 1 aromatic rings. The first-order valence-corrected chi connectivity index (χ1v) is 9.94. The highest BCUT2D eigenvalue weighted by molar-refractivity contribution is 5.97. The molecule has 1 aliphatic rings. The van der Waals surface area contributed by atoms with E-state index < -0.39 is 5.60 Å². The van der Waals surface area contributed by atoms with Gasteiger partial charge in [-0.15, -0.1) is 0 Å². The summed E-state index contributed by atoms with van der Waals surface area (Å²) in [4.78, 5) is 26.5. The highest BCUT2D eigenvalue weighted by Gasteiger charge is 2.33. The lowest BCUT2D eigenvalue weighted by atomic mass is 9.99. The summed E-state index contributed by atoms with van der Waals surface area (Å²) >= 11 is 0. The molecule has 0 bridgehead atoms. The SMILES string of the molecule is CCCO[C@@](C)(CCC)C(=O)Nc1ccc(OCC(=O)N2CCCC2)cc1. The van der Waals surface area contributed by atoms with Crippen LogP contribution in [-0.2, 0) is 14.3 Å². The number of hydrogen-bond donors (Lipinski definition) is 1. The Morgan fingerprint density at radius 3 is 2.37 bits per heavy atom. The van der Waals surface area contributed by atoms with Crippen molar-refractivity contribution in [2.24, 2.45) is 0 Å². The molecule has 27 heavy (non-hydrogen) atoms. The summed E-state index contributed by atoms with van der Waals surface area (Å²) in [5.41, 5.74) is -0.150. The molecule has 1 fully saturated rings. The minimum Gasteiger partial charge on any atom is -0.484 e. The van der Waals surface area contributed by atoms with Gasteiger partial charge in [-0.2, -0.15) is 0 Å². The summed E-state index contributed by atoms with van der Waals surface area (Å²) in [6.45, 7) is 8.15. The second-order valence-electron chi connectivity index (χ2n) is 7.18. The summed E-state index contributed by atoms with van der Waals surface area (Å²) in [7, 11) is 0. The first kappa shape index (κ1) is 21.2. The van der Waals surface area contributed by atoms with Crippen LogP contribution < -0.4 is 10.1 Å². The van der Waals surface area contributed by atoms with E-state index in [0.29, 0.717) is 24.5 Å². The number of nitrogens with zero attached hydrogens (tertiary/aromatic N) is 1. The van der Waals surface area contributed by atoms with Gasteiger partial charge in [-0.3, -0.25) is 9.59 Å². The first-order chi connectivity index (χ1) is 13.0. The third-order valence-electron chi connectivity index (χ3n) is 4.77. The normalized spacial score (nSPS) is 16.0. The molecule has 6 heteroatoms. The zero-order valence-corrected chi connectivity index (χ0v) is 16.8. The minimum atomic E-state index is -0.831. The van der Waals surface area contributed by atoms with Crippen LogP contribution in [0.5, 0.6) is 5.75 Å². The van der Waals surface area contributed by atoms with E-state index in [2.05, 4.69) is 5.32 Å². The Morgan fingerprint density at radius 2 is 1.78 bits per heavy atom. The monoisotopic (exact) mass is 376 g/mol. The Hall–Kier alpha value is -2.08.